The summed E-state index contributed by atoms with van der Waals surface area (Å²) in [5.74, 6) is 0.979. The molecule has 1 aromatic carbocycles. The minimum Gasteiger partial charge on any atom is -0.368 e. The van der Waals surface area contributed by atoms with E-state index in [1.165, 1.54) is 11.3 Å². The van der Waals surface area contributed by atoms with Crippen LogP contribution in [0.1, 0.15) is 19.4 Å². The summed E-state index contributed by atoms with van der Waals surface area (Å²) in [5, 5.41) is 2.99. The number of nitrogens with one attached hydrogen (secondary N) is 1. The van der Waals surface area contributed by atoms with E-state index in [0.717, 1.165) is 27.4 Å². The summed E-state index contributed by atoms with van der Waals surface area (Å²) in [6.07, 6.45) is 0. The number of carbonyl (C=O) groups excluding carboxylic acids is 1. The zero-order valence-corrected chi connectivity index (χ0v) is 16.9. The molecule has 1 aliphatic rings. The maximum Gasteiger partial charge on any atom is 0.322 e. The van der Waals surface area contributed by atoms with Gasteiger partial charge in [0.25, 0.3) is 0 Å². The van der Waals surface area contributed by atoms with Crippen molar-refractivity contribution in [2.75, 3.05) is 29.0 Å². The third-order valence-corrected chi connectivity index (χ3v) is 5.74. The number of aromatic nitrogens is 3. The van der Waals surface area contributed by atoms with Gasteiger partial charge in [-0.25, -0.2) is 14.8 Å². The second kappa shape index (κ2) is 7.23. The Bertz CT molecular complexity index is 1000. The molecule has 0 saturated carbocycles. The van der Waals surface area contributed by atoms with E-state index in [0.29, 0.717) is 13.1 Å². The molecule has 4 rings (SSSR count). The number of rotatable bonds is 2. The van der Waals surface area contributed by atoms with Crippen LogP contribution in [0.15, 0.2) is 29.8 Å². The minimum atomic E-state index is -0.0936. The molecule has 2 amide bonds. The second-order valence-corrected chi connectivity index (χ2v) is 8.04. The Kier molecular flexibility index (Phi) is 4.76. The third-order valence-electron chi connectivity index (χ3n) is 5.02. The molecule has 146 valence electrons. The van der Waals surface area contributed by atoms with E-state index in [-0.39, 0.29) is 24.1 Å². The number of anilines is 3. The lowest BCUT2D eigenvalue weighted by molar-refractivity contribution is 0.173. The fourth-order valence-corrected chi connectivity index (χ4v) is 4.16. The second-order valence-electron chi connectivity index (χ2n) is 7.21. The van der Waals surface area contributed by atoms with Gasteiger partial charge in [0, 0.05) is 30.9 Å². The number of hydrogen-bond acceptors (Lipinski definition) is 7. The smallest absolute Gasteiger partial charge is 0.322 e. The summed E-state index contributed by atoms with van der Waals surface area (Å²) in [5.41, 5.74) is 10.4. The minimum absolute atomic E-state index is 0.00604. The molecule has 0 aliphatic carbocycles. The van der Waals surface area contributed by atoms with Gasteiger partial charge in [-0.15, -0.1) is 11.3 Å². The molecular weight excluding hydrogens is 374 g/mol. The first-order valence-corrected chi connectivity index (χ1v) is 10.1. The van der Waals surface area contributed by atoms with Crippen LogP contribution in [0.5, 0.6) is 0 Å². The topological polar surface area (TPSA) is 100 Å². The van der Waals surface area contributed by atoms with Gasteiger partial charge in [-0.3, -0.25) is 0 Å². The van der Waals surface area contributed by atoms with Gasteiger partial charge in [0.05, 0.1) is 5.51 Å². The molecule has 0 radical (unpaired) electrons. The number of nitrogen functional groups attached to an aromatic ring is 1. The van der Waals surface area contributed by atoms with Gasteiger partial charge in [-0.05, 0) is 32.9 Å². The lowest BCUT2D eigenvalue weighted by atomic mass is 10.1. The van der Waals surface area contributed by atoms with Gasteiger partial charge in [0.15, 0.2) is 10.6 Å². The number of aryl methyl sites for hydroxylation is 1. The zero-order valence-electron chi connectivity index (χ0n) is 16.1. The van der Waals surface area contributed by atoms with Crippen molar-refractivity contribution < 1.29 is 4.79 Å². The molecule has 0 unspecified atom stereocenters. The van der Waals surface area contributed by atoms with Crippen LogP contribution in [0, 0.1) is 6.92 Å². The molecule has 3 heterocycles. The Hall–Kier alpha value is -2.94. The van der Waals surface area contributed by atoms with Crippen molar-refractivity contribution in [3.05, 3.63) is 35.3 Å². The first-order valence-electron chi connectivity index (χ1n) is 9.20. The molecule has 2 aromatic heterocycles. The molecule has 8 nitrogen and oxygen atoms in total. The number of hydrogen-bond donors (Lipinski definition) is 2. The largest absolute Gasteiger partial charge is 0.368 e. The number of amides is 2. The van der Waals surface area contributed by atoms with E-state index in [1.54, 1.807) is 5.51 Å². The Morgan fingerprint density at radius 1 is 1.18 bits per heavy atom. The fourth-order valence-electron chi connectivity index (χ4n) is 3.50. The van der Waals surface area contributed by atoms with Gasteiger partial charge in [-0.2, -0.15) is 4.98 Å². The summed E-state index contributed by atoms with van der Waals surface area (Å²) >= 11 is 1.45. The van der Waals surface area contributed by atoms with E-state index in [1.807, 2.05) is 43.0 Å². The lowest BCUT2D eigenvalue weighted by Crippen LogP contribution is -2.59. The quantitative estimate of drug-likeness (QED) is 0.689. The molecule has 3 aromatic rings. The van der Waals surface area contributed by atoms with Gasteiger partial charge < -0.3 is 20.9 Å². The van der Waals surface area contributed by atoms with E-state index in [2.05, 4.69) is 32.1 Å². The van der Waals surface area contributed by atoms with Crippen molar-refractivity contribution in [3.8, 4) is 0 Å². The van der Waals surface area contributed by atoms with Crippen LogP contribution in [-0.2, 0) is 0 Å². The van der Waals surface area contributed by atoms with E-state index >= 15 is 0 Å². The maximum atomic E-state index is 12.8. The molecule has 3 N–H and O–H groups in total. The zero-order chi connectivity index (χ0) is 19.8. The van der Waals surface area contributed by atoms with Gasteiger partial charge in [0.1, 0.15) is 5.52 Å². The molecule has 0 bridgehead atoms. The monoisotopic (exact) mass is 397 g/mol. The number of fused-ring (bicyclic) bond motifs is 1. The first-order chi connectivity index (χ1) is 13.4. The van der Waals surface area contributed by atoms with Crippen molar-refractivity contribution in [2.24, 2.45) is 0 Å². The SMILES string of the molecule is Cc1ccc(NC(=O)N2C[C@H](C)N(c3nc(N)nc4scnc34)C[C@H]2C)cc1. The van der Waals surface area contributed by atoms with Gasteiger partial charge >= 0.3 is 6.03 Å². The fraction of sp³-hybridized carbons (Fsp3) is 0.368. The highest BCUT2D eigenvalue weighted by atomic mass is 32.1. The highest BCUT2D eigenvalue weighted by Gasteiger charge is 2.34. The summed E-state index contributed by atoms with van der Waals surface area (Å²) < 4.78 is 0. The Labute approximate surface area is 167 Å². The van der Waals surface area contributed by atoms with Crippen molar-refractivity contribution in [2.45, 2.75) is 32.9 Å². The van der Waals surface area contributed by atoms with Crippen molar-refractivity contribution in [1.82, 2.24) is 19.9 Å². The molecule has 1 aliphatic heterocycles. The molecule has 28 heavy (non-hydrogen) atoms. The van der Waals surface area contributed by atoms with Crippen molar-refractivity contribution in [3.63, 3.8) is 0 Å². The van der Waals surface area contributed by atoms with Crippen LogP contribution in [0.4, 0.5) is 22.2 Å². The average Bonchev–Trinajstić information content (AvgIpc) is 3.12. The maximum absolute atomic E-state index is 12.8. The number of piperazine rings is 1. The van der Waals surface area contributed by atoms with Crippen molar-refractivity contribution in [1.29, 1.82) is 0 Å². The molecule has 1 fully saturated rings. The highest BCUT2D eigenvalue weighted by molar-refractivity contribution is 7.16. The third kappa shape index (κ3) is 3.45. The predicted octanol–water partition coefficient (Wildman–Crippen LogP) is 3.11. The standard InChI is InChI=1S/C19H23N7OS/c1-11-4-6-14(7-5-11)22-19(27)26-9-12(2)25(8-13(26)3)16-15-17(28-10-21-15)24-18(20)23-16/h4-7,10,12-13H,8-9H2,1-3H3,(H,22,27)(H2,20,23,24)/t12-,13+/m0/s1. The van der Waals surface area contributed by atoms with E-state index < -0.39 is 0 Å². The van der Waals surface area contributed by atoms with Crippen LogP contribution in [0.2, 0.25) is 0 Å². The summed E-state index contributed by atoms with van der Waals surface area (Å²) in [6, 6.07) is 7.78. The molecule has 2 atom stereocenters. The molecule has 0 spiro atoms. The number of carbonyl (C=O) groups is 1. The normalized spacial score (nSPS) is 19.8. The highest BCUT2D eigenvalue weighted by Crippen LogP contribution is 2.30. The van der Waals surface area contributed by atoms with Crippen molar-refractivity contribution >= 4 is 45.2 Å². The average molecular weight is 398 g/mol. The first kappa shape index (κ1) is 18.4. The lowest BCUT2D eigenvalue weighted by Gasteiger charge is -2.44. The summed E-state index contributed by atoms with van der Waals surface area (Å²) in [4.78, 5) is 30.7. The number of thiazole rings is 1. The summed E-state index contributed by atoms with van der Waals surface area (Å²) in [7, 11) is 0. The Morgan fingerprint density at radius 3 is 2.68 bits per heavy atom. The predicted molar refractivity (Wildman–Crippen MR) is 113 cm³/mol. The van der Waals surface area contributed by atoms with E-state index in [4.69, 9.17) is 5.73 Å². The number of nitrogens with two attached hydrogens (primary N) is 1. The summed E-state index contributed by atoms with van der Waals surface area (Å²) in [6.45, 7) is 7.36. The van der Waals surface area contributed by atoms with E-state index in [9.17, 15) is 4.79 Å². The Balaban J connectivity index is 1.53. The number of benzene rings is 1. The number of urea groups is 1. The molecular formula is C19H23N7OS. The van der Waals surface area contributed by atoms with Crippen LogP contribution >= 0.6 is 11.3 Å². The van der Waals surface area contributed by atoms with Crippen LogP contribution in [0.3, 0.4) is 0 Å². The molecule has 1 saturated heterocycles. The van der Waals surface area contributed by atoms with Gasteiger partial charge in [-0.1, -0.05) is 17.7 Å². The van der Waals surface area contributed by atoms with Gasteiger partial charge in [0.2, 0.25) is 5.95 Å². The van der Waals surface area contributed by atoms with Crippen LogP contribution in [-0.4, -0.2) is 51.1 Å². The van der Waals surface area contributed by atoms with Crippen LogP contribution < -0.4 is 16.0 Å². The molecule has 9 heteroatoms. The van der Waals surface area contributed by atoms with Crippen LogP contribution in [0.25, 0.3) is 10.3 Å². The number of nitrogens with zero attached hydrogens (tertiary/aromatic N) is 5. The Morgan fingerprint density at radius 2 is 1.93 bits per heavy atom.